The van der Waals surface area contributed by atoms with Gasteiger partial charge < -0.3 is 15.0 Å². The molecule has 0 fully saturated rings. The number of carbonyl (C=O) groups is 2. The summed E-state index contributed by atoms with van der Waals surface area (Å²) in [5.74, 6) is 0.296. The van der Waals surface area contributed by atoms with Gasteiger partial charge in [0.25, 0.3) is 5.91 Å². The average molecular weight is 397 g/mol. The molecule has 2 aromatic rings. The second-order valence-electron chi connectivity index (χ2n) is 7.56. The number of rotatable bonds is 9. The molecule has 0 radical (unpaired) electrons. The lowest BCUT2D eigenvalue weighted by Gasteiger charge is -2.29. The molecule has 0 bridgehead atoms. The zero-order valence-corrected chi connectivity index (χ0v) is 18.1. The van der Waals surface area contributed by atoms with Crippen LogP contribution in [0.4, 0.5) is 0 Å². The molecular weight excluding hydrogens is 364 g/mol. The van der Waals surface area contributed by atoms with E-state index in [-0.39, 0.29) is 24.5 Å². The van der Waals surface area contributed by atoms with Crippen molar-refractivity contribution in [2.75, 3.05) is 6.61 Å². The van der Waals surface area contributed by atoms with Gasteiger partial charge in [0.2, 0.25) is 5.91 Å². The molecule has 0 saturated heterocycles. The van der Waals surface area contributed by atoms with Crippen molar-refractivity contribution in [3.63, 3.8) is 0 Å². The van der Waals surface area contributed by atoms with Gasteiger partial charge in [0.1, 0.15) is 11.8 Å². The molecular formula is C24H32N2O3. The van der Waals surface area contributed by atoms with E-state index in [1.165, 1.54) is 0 Å². The zero-order chi connectivity index (χ0) is 21.4. The number of amides is 2. The van der Waals surface area contributed by atoms with E-state index >= 15 is 0 Å². The third-order valence-corrected chi connectivity index (χ3v) is 5.09. The summed E-state index contributed by atoms with van der Waals surface area (Å²) in [6, 6.07) is 15.0. The van der Waals surface area contributed by atoms with E-state index in [9.17, 15) is 9.59 Å². The van der Waals surface area contributed by atoms with Crippen LogP contribution in [0.2, 0.25) is 0 Å². The Kier molecular flexibility index (Phi) is 8.25. The van der Waals surface area contributed by atoms with Gasteiger partial charge >= 0.3 is 0 Å². The molecule has 2 amide bonds. The average Bonchev–Trinajstić information content (AvgIpc) is 2.71. The topological polar surface area (TPSA) is 58.6 Å². The number of hydrogen-bond donors (Lipinski definition) is 1. The van der Waals surface area contributed by atoms with Crippen LogP contribution in [0.1, 0.15) is 43.9 Å². The van der Waals surface area contributed by atoms with Crippen LogP contribution in [0.3, 0.4) is 0 Å². The highest BCUT2D eigenvalue weighted by Crippen LogP contribution is 2.17. The highest BCUT2D eigenvalue weighted by atomic mass is 16.5. The first-order chi connectivity index (χ1) is 13.8. The van der Waals surface area contributed by atoms with Crippen LogP contribution < -0.4 is 10.1 Å². The van der Waals surface area contributed by atoms with Gasteiger partial charge in [-0.15, -0.1) is 0 Å². The molecule has 0 spiro atoms. The summed E-state index contributed by atoms with van der Waals surface area (Å²) < 4.78 is 5.75. The van der Waals surface area contributed by atoms with Crippen LogP contribution in [0, 0.1) is 13.8 Å². The predicted octanol–water partition coefficient (Wildman–Crippen LogP) is 4.01. The Bertz CT molecular complexity index is 817. The van der Waals surface area contributed by atoms with Crippen molar-refractivity contribution in [2.45, 2.75) is 59.7 Å². The molecule has 5 heteroatoms. The molecule has 0 aliphatic rings. The van der Waals surface area contributed by atoms with Gasteiger partial charge in [0.05, 0.1) is 0 Å². The van der Waals surface area contributed by atoms with Gasteiger partial charge in [0.15, 0.2) is 6.61 Å². The molecule has 1 N–H and O–H groups in total. The summed E-state index contributed by atoms with van der Waals surface area (Å²) in [6.45, 7) is 9.93. The zero-order valence-electron chi connectivity index (χ0n) is 18.1. The molecule has 5 nitrogen and oxygen atoms in total. The van der Waals surface area contributed by atoms with Crippen LogP contribution >= 0.6 is 0 Å². The number of nitrogens with zero attached hydrogens (tertiary/aromatic N) is 1. The Labute approximate surface area is 174 Å². The van der Waals surface area contributed by atoms with Gasteiger partial charge in [0, 0.05) is 12.6 Å². The molecule has 0 aliphatic carbocycles. The number of benzene rings is 2. The summed E-state index contributed by atoms with van der Waals surface area (Å²) in [6.07, 6.45) is 0.834. The van der Waals surface area contributed by atoms with Crippen LogP contribution in [0.15, 0.2) is 48.5 Å². The first-order valence-corrected chi connectivity index (χ1v) is 10.2. The molecule has 0 aromatic heterocycles. The number of hydrogen-bond acceptors (Lipinski definition) is 3. The van der Waals surface area contributed by atoms with E-state index in [0.717, 1.165) is 23.1 Å². The van der Waals surface area contributed by atoms with Crippen LogP contribution in [-0.4, -0.2) is 35.4 Å². The molecule has 2 unspecified atom stereocenters. The third-order valence-electron chi connectivity index (χ3n) is 5.09. The summed E-state index contributed by atoms with van der Waals surface area (Å²) in [5, 5.41) is 2.97. The van der Waals surface area contributed by atoms with Crippen LogP contribution in [0.5, 0.6) is 5.75 Å². The molecule has 2 aromatic carbocycles. The van der Waals surface area contributed by atoms with Gasteiger partial charge in [-0.1, -0.05) is 55.0 Å². The van der Waals surface area contributed by atoms with Crippen molar-refractivity contribution < 1.29 is 14.3 Å². The predicted molar refractivity (Wildman–Crippen MR) is 116 cm³/mol. The minimum Gasteiger partial charge on any atom is -0.484 e. The van der Waals surface area contributed by atoms with Crippen molar-refractivity contribution >= 4 is 11.8 Å². The summed E-state index contributed by atoms with van der Waals surface area (Å²) >= 11 is 0. The maximum absolute atomic E-state index is 13.0. The number of ether oxygens (including phenoxy) is 1. The van der Waals surface area contributed by atoms with Gasteiger partial charge in [-0.2, -0.15) is 0 Å². The monoisotopic (exact) mass is 396 g/mol. The molecule has 156 valence electrons. The maximum atomic E-state index is 13.0. The minimum absolute atomic E-state index is 0.0597. The fourth-order valence-corrected chi connectivity index (χ4v) is 2.88. The quantitative estimate of drug-likeness (QED) is 0.697. The van der Waals surface area contributed by atoms with Crippen molar-refractivity contribution in [3.8, 4) is 5.75 Å². The summed E-state index contributed by atoms with van der Waals surface area (Å²) in [7, 11) is 0. The Hall–Kier alpha value is -2.82. The van der Waals surface area contributed by atoms with Gasteiger partial charge in [-0.3, -0.25) is 9.59 Å². The van der Waals surface area contributed by atoms with Crippen molar-refractivity contribution in [1.82, 2.24) is 10.2 Å². The van der Waals surface area contributed by atoms with E-state index in [1.807, 2.05) is 76.2 Å². The highest BCUT2D eigenvalue weighted by Gasteiger charge is 2.27. The fraction of sp³-hybridized carbons (Fsp3) is 0.417. The lowest BCUT2D eigenvalue weighted by atomic mass is 10.1. The molecule has 0 saturated carbocycles. The number of aryl methyl sites for hydroxylation is 2. The van der Waals surface area contributed by atoms with E-state index in [2.05, 4.69) is 5.32 Å². The fourth-order valence-electron chi connectivity index (χ4n) is 2.88. The second-order valence-corrected chi connectivity index (χ2v) is 7.56. The van der Waals surface area contributed by atoms with E-state index in [4.69, 9.17) is 4.74 Å². The lowest BCUT2D eigenvalue weighted by molar-refractivity contribution is -0.142. The summed E-state index contributed by atoms with van der Waals surface area (Å²) in [4.78, 5) is 27.3. The number of carbonyl (C=O) groups excluding carboxylic acids is 2. The molecule has 0 heterocycles. The molecule has 29 heavy (non-hydrogen) atoms. The third kappa shape index (κ3) is 6.63. The second kappa shape index (κ2) is 10.6. The normalized spacial score (nSPS) is 12.7. The number of nitrogens with one attached hydrogen (secondary N) is 1. The highest BCUT2D eigenvalue weighted by molar-refractivity contribution is 5.88. The Morgan fingerprint density at radius 1 is 1.03 bits per heavy atom. The standard InChI is InChI=1S/C24H32N2O3/c1-6-19(4)25-24(28)20(5)26(15-21-13-11-17(2)12-14-21)23(27)16-29-22-10-8-7-9-18(22)3/h7-14,19-20H,6,15-16H2,1-5H3,(H,25,28). The largest absolute Gasteiger partial charge is 0.484 e. The van der Waals surface area contributed by atoms with E-state index in [1.54, 1.807) is 11.8 Å². The first-order valence-electron chi connectivity index (χ1n) is 10.2. The van der Waals surface area contributed by atoms with Crippen LogP contribution in [0.25, 0.3) is 0 Å². The van der Waals surface area contributed by atoms with Crippen molar-refractivity contribution in [3.05, 3.63) is 65.2 Å². The smallest absolute Gasteiger partial charge is 0.261 e. The molecule has 0 aliphatic heterocycles. The van der Waals surface area contributed by atoms with E-state index in [0.29, 0.717) is 12.3 Å². The SMILES string of the molecule is CCC(C)NC(=O)C(C)N(Cc1ccc(C)cc1)C(=O)COc1ccccc1C. The Morgan fingerprint density at radius 2 is 1.69 bits per heavy atom. The molecule has 2 atom stereocenters. The van der Waals surface area contributed by atoms with Gasteiger partial charge in [-0.05, 0) is 51.3 Å². The Balaban J connectivity index is 2.15. The maximum Gasteiger partial charge on any atom is 0.261 e. The minimum atomic E-state index is -0.599. The van der Waals surface area contributed by atoms with Crippen molar-refractivity contribution in [2.24, 2.45) is 0 Å². The number of para-hydroxylation sites is 1. The summed E-state index contributed by atoms with van der Waals surface area (Å²) in [5.41, 5.74) is 3.09. The van der Waals surface area contributed by atoms with Crippen molar-refractivity contribution in [1.29, 1.82) is 0 Å². The van der Waals surface area contributed by atoms with Gasteiger partial charge in [-0.25, -0.2) is 0 Å². The Morgan fingerprint density at radius 3 is 2.31 bits per heavy atom. The molecule has 2 rings (SSSR count). The van der Waals surface area contributed by atoms with Crippen LogP contribution in [-0.2, 0) is 16.1 Å². The first kappa shape index (κ1) is 22.5. The lowest BCUT2D eigenvalue weighted by Crippen LogP contribution is -2.50. The van der Waals surface area contributed by atoms with E-state index < -0.39 is 6.04 Å².